The van der Waals surface area contributed by atoms with Gasteiger partial charge in [0, 0.05) is 17.0 Å². The van der Waals surface area contributed by atoms with Gasteiger partial charge in [0.1, 0.15) is 6.04 Å². The number of aryl methyl sites for hydroxylation is 1. The van der Waals surface area contributed by atoms with Gasteiger partial charge < -0.3 is 10.2 Å². The summed E-state index contributed by atoms with van der Waals surface area (Å²) in [5.41, 5.74) is 1.91. The molecule has 0 bridgehead atoms. The molecule has 2 amide bonds. The van der Waals surface area contributed by atoms with Crippen LogP contribution in [-0.4, -0.2) is 34.3 Å². The fraction of sp³-hybridized carbons (Fsp3) is 0.250. The number of anilines is 1. The molecule has 3 aromatic rings. The Hall–Kier alpha value is -2.51. The first-order chi connectivity index (χ1) is 13.1. The van der Waals surface area contributed by atoms with E-state index < -0.39 is 6.04 Å². The molecule has 5 nitrogen and oxygen atoms in total. The minimum absolute atomic E-state index is 0.0667. The van der Waals surface area contributed by atoms with Gasteiger partial charge in [-0.2, -0.15) is 0 Å². The first-order valence-corrected chi connectivity index (χ1v) is 10.5. The summed E-state index contributed by atoms with van der Waals surface area (Å²) in [6.07, 6.45) is 1.51. The average Bonchev–Trinajstić information content (AvgIpc) is 3.43. The molecular formula is C20H19N3O2S2. The van der Waals surface area contributed by atoms with Crippen LogP contribution in [0.4, 0.5) is 5.13 Å². The molecule has 0 radical (unpaired) electrons. The Morgan fingerprint density at radius 2 is 2.00 bits per heavy atom. The summed E-state index contributed by atoms with van der Waals surface area (Å²) in [5.74, 6) is -0.228. The molecular weight excluding hydrogens is 378 g/mol. The number of nitrogens with zero attached hydrogens (tertiary/aromatic N) is 2. The van der Waals surface area contributed by atoms with E-state index in [4.69, 9.17) is 0 Å². The molecule has 1 atom stereocenters. The third-order valence-electron chi connectivity index (χ3n) is 4.62. The molecule has 7 heteroatoms. The van der Waals surface area contributed by atoms with Crippen LogP contribution < -0.4 is 5.32 Å². The molecule has 0 unspecified atom stereocenters. The molecule has 3 heterocycles. The van der Waals surface area contributed by atoms with Gasteiger partial charge >= 0.3 is 0 Å². The Morgan fingerprint density at radius 1 is 1.19 bits per heavy atom. The van der Waals surface area contributed by atoms with Gasteiger partial charge in [0.15, 0.2) is 5.13 Å². The highest BCUT2D eigenvalue weighted by atomic mass is 32.1. The number of hydrogen-bond acceptors (Lipinski definition) is 5. The first kappa shape index (κ1) is 17.9. The molecule has 1 aliphatic rings. The molecule has 2 aromatic heterocycles. The van der Waals surface area contributed by atoms with Gasteiger partial charge in [-0.25, -0.2) is 4.98 Å². The van der Waals surface area contributed by atoms with E-state index in [0.29, 0.717) is 23.0 Å². The summed E-state index contributed by atoms with van der Waals surface area (Å²) < 4.78 is 0. The Bertz CT molecular complexity index is 951. The molecule has 0 saturated carbocycles. The number of nitrogens with one attached hydrogen (secondary N) is 1. The summed E-state index contributed by atoms with van der Waals surface area (Å²) in [5, 5.41) is 5.38. The van der Waals surface area contributed by atoms with E-state index in [-0.39, 0.29) is 11.8 Å². The molecule has 138 valence electrons. The normalized spacial score (nSPS) is 16.5. The number of amides is 2. The number of carbonyl (C=O) groups is 2. The van der Waals surface area contributed by atoms with Crippen LogP contribution in [0.25, 0.3) is 11.3 Å². The molecule has 0 spiro atoms. The van der Waals surface area contributed by atoms with Gasteiger partial charge in [-0.05, 0) is 31.2 Å². The summed E-state index contributed by atoms with van der Waals surface area (Å²) in [6, 6.07) is 13.1. The van der Waals surface area contributed by atoms with Crippen molar-refractivity contribution in [3.05, 3.63) is 57.6 Å². The highest BCUT2D eigenvalue weighted by molar-refractivity contribution is 7.16. The van der Waals surface area contributed by atoms with E-state index in [1.54, 1.807) is 11.0 Å². The quantitative estimate of drug-likeness (QED) is 0.709. The highest BCUT2D eigenvalue weighted by Gasteiger charge is 2.35. The van der Waals surface area contributed by atoms with Gasteiger partial charge in [-0.1, -0.05) is 36.4 Å². The Morgan fingerprint density at radius 3 is 2.74 bits per heavy atom. The maximum absolute atomic E-state index is 12.8. The van der Waals surface area contributed by atoms with Gasteiger partial charge in [0.25, 0.3) is 5.91 Å². The fourth-order valence-electron chi connectivity index (χ4n) is 3.33. The van der Waals surface area contributed by atoms with E-state index in [1.165, 1.54) is 22.7 Å². The zero-order chi connectivity index (χ0) is 18.8. The van der Waals surface area contributed by atoms with Crippen molar-refractivity contribution in [1.29, 1.82) is 0 Å². The minimum Gasteiger partial charge on any atom is -0.326 e. The molecule has 4 rings (SSSR count). The molecule has 0 aliphatic carbocycles. The number of benzene rings is 1. The second kappa shape index (κ2) is 7.62. The number of thiophene rings is 1. The van der Waals surface area contributed by atoms with Gasteiger partial charge in [0.05, 0.1) is 10.6 Å². The number of hydrogen-bond donors (Lipinski definition) is 1. The average molecular weight is 398 g/mol. The topological polar surface area (TPSA) is 62.3 Å². The lowest BCUT2D eigenvalue weighted by molar-refractivity contribution is -0.119. The standard InChI is InChI=1S/C20H19N3O2S2/c1-13-17(14-7-3-2-4-8-14)21-20(27-13)22-18(24)15-9-5-11-23(15)19(25)16-10-6-12-26-16/h2-4,6-8,10,12,15H,5,9,11H2,1H3,(H,21,22,24)/t15-/m1/s1. The third-order valence-corrected chi connectivity index (χ3v) is 6.37. The maximum atomic E-state index is 12.8. The Kier molecular flexibility index (Phi) is 5.05. The van der Waals surface area contributed by atoms with Gasteiger partial charge in [0.2, 0.25) is 5.91 Å². The second-order valence-electron chi connectivity index (χ2n) is 6.41. The van der Waals surface area contributed by atoms with Crippen LogP contribution in [0, 0.1) is 6.92 Å². The van der Waals surface area contributed by atoms with Crippen LogP contribution in [0.15, 0.2) is 47.8 Å². The predicted octanol–water partition coefficient (Wildman–Crippen LogP) is 4.42. The maximum Gasteiger partial charge on any atom is 0.264 e. The lowest BCUT2D eigenvalue weighted by Crippen LogP contribution is -2.42. The van der Waals surface area contributed by atoms with Crippen LogP contribution in [-0.2, 0) is 4.79 Å². The van der Waals surface area contributed by atoms with Crippen molar-refractivity contribution >= 4 is 39.6 Å². The summed E-state index contributed by atoms with van der Waals surface area (Å²) in [7, 11) is 0. The number of thiazole rings is 1. The molecule has 1 fully saturated rings. The Balaban J connectivity index is 1.50. The SMILES string of the molecule is Cc1sc(NC(=O)[C@H]2CCCN2C(=O)c2cccs2)nc1-c1ccccc1. The second-order valence-corrected chi connectivity index (χ2v) is 8.56. The fourth-order valence-corrected chi connectivity index (χ4v) is 4.84. The molecule has 1 N–H and O–H groups in total. The zero-order valence-electron chi connectivity index (χ0n) is 14.8. The number of aromatic nitrogens is 1. The summed E-state index contributed by atoms with van der Waals surface area (Å²) >= 11 is 2.86. The van der Waals surface area contributed by atoms with E-state index in [9.17, 15) is 9.59 Å². The number of rotatable bonds is 4. The van der Waals surface area contributed by atoms with Crippen molar-refractivity contribution in [3.63, 3.8) is 0 Å². The van der Waals surface area contributed by atoms with Gasteiger partial charge in [-0.3, -0.25) is 9.59 Å². The smallest absolute Gasteiger partial charge is 0.264 e. The van der Waals surface area contributed by atoms with Crippen LogP contribution in [0.5, 0.6) is 0 Å². The van der Waals surface area contributed by atoms with Crippen LogP contribution in [0.2, 0.25) is 0 Å². The van der Waals surface area contributed by atoms with Gasteiger partial charge in [-0.15, -0.1) is 22.7 Å². The number of likely N-dealkylation sites (tertiary alicyclic amines) is 1. The lowest BCUT2D eigenvalue weighted by atomic mass is 10.1. The third kappa shape index (κ3) is 3.65. The van der Waals surface area contributed by atoms with Crippen molar-refractivity contribution in [2.45, 2.75) is 25.8 Å². The highest BCUT2D eigenvalue weighted by Crippen LogP contribution is 2.31. The van der Waals surface area contributed by atoms with Crippen molar-refractivity contribution in [2.24, 2.45) is 0 Å². The summed E-state index contributed by atoms with van der Waals surface area (Å²) in [4.78, 5) is 33.5. The first-order valence-electron chi connectivity index (χ1n) is 8.81. The van der Waals surface area contributed by atoms with Crippen LogP contribution in [0.3, 0.4) is 0 Å². The van der Waals surface area contributed by atoms with E-state index in [1.807, 2.05) is 48.7 Å². The molecule has 1 aliphatic heterocycles. The van der Waals surface area contributed by atoms with Crippen molar-refractivity contribution in [1.82, 2.24) is 9.88 Å². The minimum atomic E-state index is -0.441. The molecule has 1 saturated heterocycles. The van der Waals surface area contributed by atoms with Crippen molar-refractivity contribution in [2.75, 3.05) is 11.9 Å². The van der Waals surface area contributed by atoms with E-state index in [0.717, 1.165) is 22.6 Å². The van der Waals surface area contributed by atoms with E-state index in [2.05, 4.69) is 10.3 Å². The molecule has 1 aromatic carbocycles. The van der Waals surface area contributed by atoms with Crippen LogP contribution in [0.1, 0.15) is 27.4 Å². The van der Waals surface area contributed by atoms with Crippen molar-refractivity contribution in [3.8, 4) is 11.3 Å². The van der Waals surface area contributed by atoms with E-state index >= 15 is 0 Å². The predicted molar refractivity (Wildman–Crippen MR) is 109 cm³/mol. The number of carbonyl (C=O) groups excluding carboxylic acids is 2. The molecule has 27 heavy (non-hydrogen) atoms. The Labute approximate surface area is 165 Å². The lowest BCUT2D eigenvalue weighted by Gasteiger charge is -2.22. The zero-order valence-corrected chi connectivity index (χ0v) is 16.5. The van der Waals surface area contributed by atoms with Crippen LogP contribution >= 0.6 is 22.7 Å². The monoisotopic (exact) mass is 397 g/mol. The summed E-state index contributed by atoms with van der Waals surface area (Å²) in [6.45, 7) is 2.61. The van der Waals surface area contributed by atoms with Crippen molar-refractivity contribution < 1.29 is 9.59 Å². The largest absolute Gasteiger partial charge is 0.326 e.